The molecule has 0 fully saturated rings. The molecular formula is C23H19N5O. The number of benzene rings is 2. The average molecular weight is 381 g/mol. The number of hydrogen-bond donors (Lipinski definition) is 1. The number of carbonyl (C=O) groups excluding carboxylic acids is 1. The Labute approximate surface area is 168 Å². The van der Waals surface area contributed by atoms with E-state index in [0.717, 1.165) is 16.9 Å². The number of anilines is 2. The zero-order valence-electron chi connectivity index (χ0n) is 15.6. The van der Waals surface area contributed by atoms with E-state index >= 15 is 0 Å². The van der Waals surface area contributed by atoms with Crippen LogP contribution in [-0.2, 0) is 6.54 Å². The molecule has 0 radical (unpaired) electrons. The Morgan fingerprint density at radius 2 is 1.69 bits per heavy atom. The molecular weight excluding hydrogens is 362 g/mol. The molecule has 29 heavy (non-hydrogen) atoms. The third-order valence-electron chi connectivity index (χ3n) is 5.02. The van der Waals surface area contributed by atoms with Crippen molar-refractivity contribution >= 4 is 17.3 Å². The van der Waals surface area contributed by atoms with Gasteiger partial charge in [0.05, 0.1) is 18.3 Å². The van der Waals surface area contributed by atoms with Crippen molar-refractivity contribution in [2.24, 2.45) is 0 Å². The van der Waals surface area contributed by atoms with E-state index in [-0.39, 0.29) is 12.1 Å². The van der Waals surface area contributed by atoms with Crippen molar-refractivity contribution in [3.63, 3.8) is 0 Å². The largest absolute Gasteiger partial charge is 0.360 e. The quantitative estimate of drug-likeness (QED) is 0.578. The zero-order valence-corrected chi connectivity index (χ0v) is 15.6. The van der Waals surface area contributed by atoms with E-state index in [4.69, 9.17) is 0 Å². The standard InChI is InChI=1S/C23H19N5O/c29-23-20-8-4-5-9-21(20)26-22(28(23)19-10-12-24-13-11-19)18-14-25-27(16-18)15-17-6-2-1-3-7-17/h1-14,16,22,26H,15H2. The summed E-state index contributed by atoms with van der Waals surface area (Å²) in [6.07, 6.45) is 6.83. The van der Waals surface area contributed by atoms with Crippen molar-refractivity contribution in [3.05, 3.63) is 108 Å². The van der Waals surface area contributed by atoms with Crippen LogP contribution in [-0.4, -0.2) is 20.7 Å². The van der Waals surface area contributed by atoms with Gasteiger partial charge in [0.2, 0.25) is 0 Å². The number of hydrogen-bond acceptors (Lipinski definition) is 4. The molecule has 5 rings (SSSR count). The van der Waals surface area contributed by atoms with Crippen LogP contribution in [0.4, 0.5) is 11.4 Å². The Morgan fingerprint density at radius 3 is 2.52 bits per heavy atom. The zero-order chi connectivity index (χ0) is 19.6. The minimum Gasteiger partial charge on any atom is -0.360 e. The van der Waals surface area contributed by atoms with E-state index in [2.05, 4.69) is 27.5 Å². The van der Waals surface area contributed by atoms with Crippen LogP contribution in [0.3, 0.4) is 0 Å². The normalized spacial score (nSPS) is 15.7. The topological polar surface area (TPSA) is 63.1 Å². The smallest absolute Gasteiger partial charge is 0.262 e. The van der Waals surface area contributed by atoms with E-state index in [1.807, 2.05) is 71.7 Å². The van der Waals surface area contributed by atoms with Crippen LogP contribution < -0.4 is 10.2 Å². The monoisotopic (exact) mass is 381 g/mol. The van der Waals surface area contributed by atoms with Crippen LogP contribution in [0.1, 0.15) is 27.7 Å². The maximum Gasteiger partial charge on any atom is 0.262 e. The van der Waals surface area contributed by atoms with Crippen LogP contribution in [0, 0.1) is 0 Å². The maximum absolute atomic E-state index is 13.3. The highest BCUT2D eigenvalue weighted by Gasteiger charge is 2.34. The van der Waals surface area contributed by atoms with Gasteiger partial charge in [0, 0.05) is 35.5 Å². The summed E-state index contributed by atoms with van der Waals surface area (Å²) in [5.41, 5.74) is 4.35. The van der Waals surface area contributed by atoms with Gasteiger partial charge in [-0.2, -0.15) is 5.10 Å². The molecule has 1 unspecified atom stereocenters. The fraction of sp³-hybridized carbons (Fsp3) is 0.0870. The molecule has 6 heteroatoms. The predicted molar refractivity (Wildman–Crippen MR) is 112 cm³/mol. The van der Waals surface area contributed by atoms with Crippen LogP contribution in [0.15, 0.2) is 91.5 Å². The maximum atomic E-state index is 13.3. The highest BCUT2D eigenvalue weighted by molar-refractivity contribution is 6.12. The van der Waals surface area contributed by atoms with Gasteiger partial charge in [0.1, 0.15) is 6.17 Å². The lowest BCUT2D eigenvalue weighted by atomic mass is 10.0. The summed E-state index contributed by atoms with van der Waals surface area (Å²) in [5, 5.41) is 8.02. The predicted octanol–water partition coefficient (Wildman–Crippen LogP) is 4.10. The number of fused-ring (bicyclic) bond motifs is 1. The lowest BCUT2D eigenvalue weighted by Crippen LogP contribution is -2.43. The van der Waals surface area contributed by atoms with Crippen molar-refractivity contribution < 1.29 is 4.79 Å². The molecule has 1 amide bonds. The summed E-state index contributed by atoms with van der Waals surface area (Å²) in [6, 6.07) is 21.4. The van der Waals surface area contributed by atoms with Crippen molar-refractivity contribution in [2.75, 3.05) is 10.2 Å². The number of aromatic nitrogens is 3. The van der Waals surface area contributed by atoms with E-state index in [1.165, 1.54) is 5.56 Å². The Balaban J connectivity index is 1.53. The van der Waals surface area contributed by atoms with Gasteiger partial charge in [-0.25, -0.2) is 0 Å². The second-order valence-corrected chi connectivity index (χ2v) is 6.93. The second kappa shape index (κ2) is 7.24. The third kappa shape index (κ3) is 3.25. The molecule has 0 bridgehead atoms. The first kappa shape index (κ1) is 17.2. The van der Waals surface area contributed by atoms with Gasteiger partial charge in [-0.1, -0.05) is 42.5 Å². The Bertz CT molecular complexity index is 1140. The van der Waals surface area contributed by atoms with Gasteiger partial charge in [-0.3, -0.25) is 19.4 Å². The second-order valence-electron chi connectivity index (χ2n) is 6.93. The number of carbonyl (C=O) groups is 1. The first-order valence-corrected chi connectivity index (χ1v) is 9.45. The van der Waals surface area contributed by atoms with Crippen LogP contribution in [0.5, 0.6) is 0 Å². The van der Waals surface area contributed by atoms with E-state index in [1.54, 1.807) is 17.3 Å². The first-order valence-electron chi connectivity index (χ1n) is 9.45. The van der Waals surface area contributed by atoms with Gasteiger partial charge < -0.3 is 5.32 Å². The van der Waals surface area contributed by atoms with Crippen LogP contribution in [0.2, 0.25) is 0 Å². The first-order chi connectivity index (χ1) is 14.3. The van der Waals surface area contributed by atoms with Crippen molar-refractivity contribution in [1.29, 1.82) is 0 Å². The number of nitrogens with one attached hydrogen (secondary N) is 1. The number of para-hydroxylation sites is 1. The Hall–Kier alpha value is -3.93. The summed E-state index contributed by atoms with van der Waals surface area (Å²) in [7, 11) is 0. The summed E-state index contributed by atoms with van der Waals surface area (Å²) in [5.74, 6) is -0.0497. The summed E-state index contributed by atoms with van der Waals surface area (Å²) < 4.78 is 1.89. The highest BCUT2D eigenvalue weighted by atomic mass is 16.2. The average Bonchev–Trinajstić information content (AvgIpc) is 3.23. The molecule has 2 aromatic heterocycles. The van der Waals surface area contributed by atoms with E-state index in [9.17, 15) is 4.79 Å². The molecule has 0 saturated carbocycles. The van der Waals surface area contributed by atoms with Crippen LogP contribution >= 0.6 is 0 Å². The van der Waals surface area contributed by atoms with Gasteiger partial charge in [-0.15, -0.1) is 0 Å². The summed E-state index contributed by atoms with van der Waals surface area (Å²) in [4.78, 5) is 19.2. The van der Waals surface area contributed by atoms with Gasteiger partial charge >= 0.3 is 0 Å². The summed E-state index contributed by atoms with van der Waals surface area (Å²) >= 11 is 0. The molecule has 0 spiro atoms. The summed E-state index contributed by atoms with van der Waals surface area (Å²) in [6.45, 7) is 0.674. The van der Waals surface area contributed by atoms with Crippen molar-refractivity contribution in [2.45, 2.75) is 12.7 Å². The lowest BCUT2D eigenvalue weighted by molar-refractivity contribution is 0.0975. The molecule has 3 heterocycles. The number of rotatable bonds is 4. The van der Waals surface area contributed by atoms with Crippen molar-refractivity contribution in [1.82, 2.24) is 14.8 Å². The molecule has 1 aliphatic heterocycles. The fourth-order valence-corrected chi connectivity index (χ4v) is 3.64. The molecule has 1 N–H and O–H groups in total. The lowest BCUT2D eigenvalue weighted by Gasteiger charge is -2.37. The van der Waals surface area contributed by atoms with Gasteiger partial charge in [-0.05, 0) is 29.8 Å². The minimum absolute atomic E-state index is 0.0497. The molecule has 4 aromatic rings. The molecule has 2 aromatic carbocycles. The number of amides is 1. The minimum atomic E-state index is -0.357. The van der Waals surface area contributed by atoms with E-state index in [0.29, 0.717) is 12.1 Å². The Kier molecular flexibility index (Phi) is 4.29. The molecule has 1 aliphatic rings. The van der Waals surface area contributed by atoms with Crippen molar-refractivity contribution in [3.8, 4) is 0 Å². The highest BCUT2D eigenvalue weighted by Crippen LogP contribution is 2.36. The molecule has 0 saturated heterocycles. The molecule has 142 valence electrons. The number of pyridine rings is 1. The number of nitrogens with zero attached hydrogens (tertiary/aromatic N) is 4. The molecule has 6 nitrogen and oxygen atoms in total. The van der Waals surface area contributed by atoms with Gasteiger partial charge in [0.25, 0.3) is 5.91 Å². The third-order valence-corrected chi connectivity index (χ3v) is 5.02. The Morgan fingerprint density at radius 1 is 0.931 bits per heavy atom. The fourth-order valence-electron chi connectivity index (χ4n) is 3.64. The van der Waals surface area contributed by atoms with E-state index < -0.39 is 0 Å². The molecule has 0 aliphatic carbocycles. The van der Waals surface area contributed by atoms with Crippen LogP contribution in [0.25, 0.3) is 0 Å². The van der Waals surface area contributed by atoms with Gasteiger partial charge in [0.15, 0.2) is 0 Å². The molecule has 1 atom stereocenters. The SMILES string of the molecule is O=C1c2ccccc2NC(c2cnn(Cc3ccccc3)c2)N1c1ccncc1.